The second kappa shape index (κ2) is 6.49. The molecule has 2 rings (SSSR count). The molecule has 1 aromatic carbocycles. The van der Waals surface area contributed by atoms with Gasteiger partial charge in [-0.05, 0) is 37.8 Å². The smallest absolute Gasteiger partial charge is 0.0746 e. The van der Waals surface area contributed by atoms with Crippen LogP contribution in [0.5, 0.6) is 0 Å². The Kier molecular flexibility index (Phi) is 4.94. The lowest BCUT2D eigenvalue weighted by Crippen LogP contribution is -2.45. The SMILES string of the molecule is CC1CCCN(C(CC(N)=S)c2ccccc2)C1C. The Balaban J connectivity index is 2.24. The molecule has 0 spiro atoms. The first-order chi connectivity index (χ1) is 9.09. The minimum absolute atomic E-state index is 0.330. The van der Waals surface area contributed by atoms with Crippen LogP contribution in [0, 0.1) is 5.92 Å². The molecule has 2 N–H and O–H groups in total. The molecule has 3 heteroatoms. The topological polar surface area (TPSA) is 29.3 Å². The van der Waals surface area contributed by atoms with Crippen molar-refractivity contribution in [2.75, 3.05) is 6.54 Å². The summed E-state index contributed by atoms with van der Waals surface area (Å²) >= 11 is 5.16. The van der Waals surface area contributed by atoms with E-state index in [9.17, 15) is 0 Å². The third kappa shape index (κ3) is 3.54. The highest BCUT2D eigenvalue weighted by Gasteiger charge is 2.31. The molecule has 1 aromatic rings. The standard InChI is InChI=1S/C16H24N2S/c1-12-7-6-10-18(13(12)2)15(11-16(17)19)14-8-4-3-5-9-14/h3-5,8-9,12-13,15H,6-7,10-11H2,1-2H3,(H2,17,19). The average molecular weight is 276 g/mol. The van der Waals surface area contributed by atoms with Gasteiger partial charge >= 0.3 is 0 Å². The molecule has 1 saturated heterocycles. The molecule has 3 unspecified atom stereocenters. The fraction of sp³-hybridized carbons (Fsp3) is 0.562. The number of rotatable bonds is 4. The molecule has 1 heterocycles. The summed E-state index contributed by atoms with van der Waals surface area (Å²) in [7, 11) is 0. The molecule has 1 aliphatic heterocycles. The van der Waals surface area contributed by atoms with E-state index in [0.29, 0.717) is 17.1 Å². The van der Waals surface area contributed by atoms with Crippen LogP contribution in [-0.2, 0) is 0 Å². The Hall–Kier alpha value is -0.930. The third-order valence-electron chi connectivity index (χ3n) is 4.40. The van der Waals surface area contributed by atoms with Crippen LogP contribution in [0.4, 0.5) is 0 Å². The van der Waals surface area contributed by atoms with Crippen molar-refractivity contribution in [3.05, 3.63) is 35.9 Å². The monoisotopic (exact) mass is 276 g/mol. The summed E-state index contributed by atoms with van der Waals surface area (Å²) in [6.07, 6.45) is 3.37. The van der Waals surface area contributed by atoms with Crippen molar-refractivity contribution in [3.63, 3.8) is 0 Å². The minimum atomic E-state index is 0.330. The van der Waals surface area contributed by atoms with Gasteiger partial charge in [-0.15, -0.1) is 0 Å². The maximum Gasteiger partial charge on any atom is 0.0746 e. The van der Waals surface area contributed by atoms with Gasteiger partial charge in [0.05, 0.1) is 4.99 Å². The van der Waals surface area contributed by atoms with Crippen molar-refractivity contribution in [3.8, 4) is 0 Å². The van der Waals surface area contributed by atoms with E-state index >= 15 is 0 Å². The molecule has 1 aliphatic rings. The second-order valence-corrected chi connectivity index (χ2v) is 6.22. The number of thiocarbonyl (C=S) groups is 1. The largest absolute Gasteiger partial charge is 0.393 e. The Morgan fingerprint density at radius 2 is 2.05 bits per heavy atom. The number of nitrogens with zero attached hydrogens (tertiary/aromatic N) is 1. The van der Waals surface area contributed by atoms with E-state index in [4.69, 9.17) is 18.0 Å². The summed E-state index contributed by atoms with van der Waals surface area (Å²) in [5.41, 5.74) is 7.15. The molecule has 3 atom stereocenters. The fourth-order valence-corrected chi connectivity index (χ4v) is 3.26. The average Bonchev–Trinajstić information content (AvgIpc) is 2.40. The van der Waals surface area contributed by atoms with Gasteiger partial charge < -0.3 is 5.73 Å². The van der Waals surface area contributed by atoms with E-state index in [1.54, 1.807) is 0 Å². The fourth-order valence-electron chi connectivity index (χ4n) is 3.10. The van der Waals surface area contributed by atoms with Gasteiger partial charge in [0.25, 0.3) is 0 Å². The van der Waals surface area contributed by atoms with Crippen LogP contribution in [0.3, 0.4) is 0 Å². The molecule has 0 aliphatic carbocycles. The van der Waals surface area contributed by atoms with Gasteiger partial charge in [-0.2, -0.15) is 0 Å². The van der Waals surface area contributed by atoms with Crippen LogP contribution in [0.2, 0.25) is 0 Å². The summed E-state index contributed by atoms with van der Waals surface area (Å²) in [6.45, 7) is 5.83. The summed E-state index contributed by atoms with van der Waals surface area (Å²) < 4.78 is 0. The molecule has 104 valence electrons. The predicted molar refractivity (Wildman–Crippen MR) is 85.2 cm³/mol. The first kappa shape index (κ1) is 14.5. The molecule has 1 fully saturated rings. The van der Waals surface area contributed by atoms with Crippen LogP contribution in [-0.4, -0.2) is 22.5 Å². The number of benzene rings is 1. The first-order valence-electron chi connectivity index (χ1n) is 7.18. The quantitative estimate of drug-likeness (QED) is 0.853. The lowest BCUT2D eigenvalue weighted by atomic mass is 9.88. The number of hydrogen-bond donors (Lipinski definition) is 1. The molecule has 0 radical (unpaired) electrons. The summed E-state index contributed by atoms with van der Waals surface area (Å²) in [6, 6.07) is 11.6. The number of hydrogen-bond acceptors (Lipinski definition) is 2. The van der Waals surface area contributed by atoms with Crippen molar-refractivity contribution in [1.82, 2.24) is 4.90 Å². The molecule has 19 heavy (non-hydrogen) atoms. The highest BCUT2D eigenvalue weighted by molar-refractivity contribution is 7.80. The van der Waals surface area contributed by atoms with E-state index < -0.39 is 0 Å². The van der Waals surface area contributed by atoms with Gasteiger partial charge in [0, 0.05) is 18.5 Å². The summed E-state index contributed by atoms with van der Waals surface area (Å²) in [5.74, 6) is 0.742. The van der Waals surface area contributed by atoms with Crippen molar-refractivity contribution in [2.45, 2.75) is 45.2 Å². The molecule has 2 nitrogen and oxygen atoms in total. The van der Waals surface area contributed by atoms with Crippen LogP contribution >= 0.6 is 12.2 Å². The zero-order valence-electron chi connectivity index (χ0n) is 11.9. The first-order valence-corrected chi connectivity index (χ1v) is 7.59. The number of nitrogens with two attached hydrogens (primary N) is 1. The third-order valence-corrected chi connectivity index (χ3v) is 4.57. The highest BCUT2D eigenvalue weighted by Crippen LogP contribution is 2.33. The van der Waals surface area contributed by atoms with Crippen LogP contribution in [0.25, 0.3) is 0 Å². The van der Waals surface area contributed by atoms with Crippen LogP contribution in [0.1, 0.15) is 44.7 Å². The Morgan fingerprint density at radius 1 is 1.37 bits per heavy atom. The second-order valence-electron chi connectivity index (χ2n) is 5.69. The molecule has 0 bridgehead atoms. The van der Waals surface area contributed by atoms with Crippen molar-refractivity contribution in [2.24, 2.45) is 11.7 Å². The zero-order valence-corrected chi connectivity index (χ0v) is 12.7. The Bertz CT molecular complexity index is 418. The Morgan fingerprint density at radius 3 is 2.68 bits per heavy atom. The maximum absolute atomic E-state index is 5.82. The van der Waals surface area contributed by atoms with Crippen LogP contribution < -0.4 is 5.73 Å². The molecule has 0 amide bonds. The van der Waals surface area contributed by atoms with Crippen molar-refractivity contribution in [1.29, 1.82) is 0 Å². The summed E-state index contributed by atoms with van der Waals surface area (Å²) in [5, 5.41) is 0. The lowest BCUT2D eigenvalue weighted by Gasteiger charge is -2.43. The van der Waals surface area contributed by atoms with Gasteiger partial charge in [0.1, 0.15) is 0 Å². The molecular weight excluding hydrogens is 252 g/mol. The molecular formula is C16H24N2S. The number of likely N-dealkylation sites (tertiary alicyclic amines) is 1. The van der Waals surface area contributed by atoms with Gasteiger partial charge in [-0.3, -0.25) is 4.90 Å². The zero-order chi connectivity index (χ0) is 13.8. The van der Waals surface area contributed by atoms with E-state index in [1.165, 1.54) is 18.4 Å². The van der Waals surface area contributed by atoms with Gasteiger partial charge in [0.15, 0.2) is 0 Å². The summed E-state index contributed by atoms with van der Waals surface area (Å²) in [4.78, 5) is 3.20. The number of piperidine rings is 1. The normalized spacial score (nSPS) is 26.0. The van der Waals surface area contributed by atoms with Crippen molar-refractivity contribution >= 4 is 17.2 Å². The minimum Gasteiger partial charge on any atom is -0.393 e. The lowest BCUT2D eigenvalue weighted by molar-refractivity contribution is 0.0705. The maximum atomic E-state index is 5.82. The van der Waals surface area contributed by atoms with Gasteiger partial charge in [0.2, 0.25) is 0 Å². The van der Waals surface area contributed by atoms with E-state index in [2.05, 4.69) is 49.1 Å². The van der Waals surface area contributed by atoms with E-state index in [-0.39, 0.29) is 0 Å². The van der Waals surface area contributed by atoms with E-state index in [0.717, 1.165) is 18.9 Å². The predicted octanol–water partition coefficient (Wildman–Crippen LogP) is 3.52. The highest BCUT2D eigenvalue weighted by atomic mass is 32.1. The Labute approximate surface area is 122 Å². The van der Waals surface area contributed by atoms with Gasteiger partial charge in [-0.25, -0.2) is 0 Å². The van der Waals surface area contributed by atoms with Crippen molar-refractivity contribution < 1.29 is 0 Å². The van der Waals surface area contributed by atoms with Crippen LogP contribution in [0.15, 0.2) is 30.3 Å². The van der Waals surface area contributed by atoms with Gasteiger partial charge in [-0.1, -0.05) is 49.5 Å². The van der Waals surface area contributed by atoms with E-state index in [1.807, 2.05) is 0 Å². The molecule has 0 saturated carbocycles. The molecule has 0 aromatic heterocycles.